The van der Waals surface area contributed by atoms with Crippen LogP contribution in [0.5, 0.6) is 5.75 Å². The van der Waals surface area contributed by atoms with Crippen molar-refractivity contribution in [3.63, 3.8) is 0 Å². The molecule has 2 aliphatic rings. The number of benzene rings is 3. The van der Waals surface area contributed by atoms with Gasteiger partial charge in [-0.15, -0.1) is 0 Å². The van der Waals surface area contributed by atoms with E-state index in [0.717, 1.165) is 79.4 Å². The van der Waals surface area contributed by atoms with E-state index in [-0.39, 0.29) is 17.1 Å². The fourth-order valence-corrected chi connectivity index (χ4v) is 7.35. The lowest BCUT2D eigenvalue weighted by molar-refractivity contribution is 0.190. The lowest BCUT2D eigenvalue weighted by Gasteiger charge is -2.35. The molecule has 0 aliphatic heterocycles. The van der Waals surface area contributed by atoms with Gasteiger partial charge < -0.3 is 4.74 Å². The molecule has 1 nitrogen and oxygen atoms in total. The SMILES string of the molecule is C/C=C/CCC1CCC(C2CC=C(c3ccc(-c4ccc(-c5ccc(OCCCCCC)c(F)c5F)cc4)cc3F)CC2)CC1. The van der Waals surface area contributed by atoms with Crippen LogP contribution in [0, 0.1) is 35.2 Å². The number of allylic oxidation sites excluding steroid dienone is 4. The Balaban J connectivity index is 1.18. The summed E-state index contributed by atoms with van der Waals surface area (Å²) in [6.07, 6.45) is 21.8. The lowest BCUT2D eigenvalue weighted by atomic mass is 9.70. The van der Waals surface area contributed by atoms with Gasteiger partial charge in [0.25, 0.3) is 0 Å². The molecule has 0 radical (unpaired) electrons. The standard InChI is InChI=1S/C41H49F3O/c1-3-5-7-9-27-45-39-26-25-37(40(43)41(39)44)34-21-17-32(18-22-34)35-23-24-36(38(42)28-35)33-19-15-31(16-20-33)30-13-11-29(12-14-30)10-8-6-4-2/h4,6,17-19,21-26,28-31H,3,5,7-16,20,27H2,1-2H3/b6-4+. The maximum Gasteiger partial charge on any atom is 0.201 e. The Labute approximate surface area is 268 Å². The van der Waals surface area contributed by atoms with E-state index in [1.165, 1.54) is 44.6 Å². The third-order valence-corrected chi connectivity index (χ3v) is 10.1. The first-order valence-corrected chi connectivity index (χ1v) is 17.3. The van der Waals surface area contributed by atoms with Crippen molar-refractivity contribution in [2.24, 2.45) is 17.8 Å². The van der Waals surface area contributed by atoms with Crippen molar-refractivity contribution in [1.29, 1.82) is 0 Å². The molecule has 0 spiro atoms. The summed E-state index contributed by atoms with van der Waals surface area (Å²) in [5.41, 5.74) is 4.16. The Morgan fingerprint density at radius 2 is 1.49 bits per heavy atom. The minimum atomic E-state index is -0.962. The second-order valence-electron chi connectivity index (χ2n) is 13.1. The third kappa shape index (κ3) is 8.51. The van der Waals surface area contributed by atoms with Gasteiger partial charge in [0.2, 0.25) is 5.82 Å². The van der Waals surface area contributed by atoms with Crippen molar-refractivity contribution in [1.82, 2.24) is 0 Å². The van der Waals surface area contributed by atoms with Gasteiger partial charge in [-0.1, -0.05) is 93.7 Å². The molecule has 0 heterocycles. The molecule has 1 saturated carbocycles. The van der Waals surface area contributed by atoms with Gasteiger partial charge in [0.15, 0.2) is 11.6 Å². The van der Waals surface area contributed by atoms with Crippen molar-refractivity contribution in [3.8, 4) is 28.0 Å². The maximum absolute atomic E-state index is 15.4. The molecule has 45 heavy (non-hydrogen) atoms. The summed E-state index contributed by atoms with van der Waals surface area (Å²) in [6.45, 7) is 4.59. The van der Waals surface area contributed by atoms with Crippen LogP contribution in [-0.2, 0) is 0 Å². The minimum absolute atomic E-state index is 0.0538. The zero-order valence-corrected chi connectivity index (χ0v) is 27.1. The minimum Gasteiger partial charge on any atom is -0.490 e. The van der Waals surface area contributed by atoms with Crippen LogP contribution in [0.2, 0.25) is 0 Å². The van der Waals surface area contributed by atoms with E-state index in [2.05, 4.69) is 32.1 Å². The van der Waals surface area contributed by atoms with Gasteiger partial charge in [-0.25, -0.2) is 8.78 Å². The highest BCUT2D eigenvalue weighted by atomic mass is 19.2. The molecule has 0 aromatic heterocycles. The number of halogens is 3. The second-order valence-corrected chi connectivity index (χ2v) is 13.1. The van der Waals surface area contributed by atoms with Gasteiger partial charge >= 0.3 is 0 Å². The second kappa shape index (κ2) is 16.3. The van der Waals surface area contributed by atoms with Gasteiger partial charge in [-0.05, 0) is 117 Å². The quantitative estimate of drug-likeness (QED) is 0.137. The monoisotopic (exact) mass is 614 g/mol. The van der Waals surface area contributed by atoms with E-state index in [1.54, 1.807) is 24.3 Å². The summed E-state index contributed by atoms with van der Waals surface area (Å²) < 4.78 is 50.6. The van der Waals surface area contributed by atoms with E-state index in [4.69, 9.17) is 4.74 Å². The molecule has 2 aliphatic carbocycles. The first-order chi connectivity index (χ1) is 22.0. The van der Waals surface area contributed by atoms with Gasteiger partial charge in [-0.3, -0.25) is 0 Å². The highest BCUT2D eigenvalue weighted by Gasteiger charge is 2.29. The Morgan fingerprint density at radius 3 is 2.18 bits per heavy atom. The van der Waals surface area contributed by atoms with Crippen LogP contribution in [-0.4, -0.2) is 6.61 Å². The summed E-state index contributed by atoms with van der Waals surface area (Å²) in [4.78, 5) is 0. The van der Waals surface area contributed by atoms with E-state index in [1.807, 2.05) is 24.3 Å². The van der Waals surface area contributed by atoms with Crippen LogP contribution >= 0.6 is 0 Å². The average molecular weight is 615 g/mol. The number of rotatable bonds is 13. The van der Waals surface area contributed by atoms with E-state index in [9.17, 15) is 8.78 Å². The van der Waals surface area contributed by atoms with Crippen molar-refractivity contribution in [2.45, 2.75) is 97.3 Å². The molecular formula is C41H49F3O. The highest BCUT2D eigenvalue weighted by molar-refractivity contribution is 5.74. The Kier molecular flexibility index (Phi) is 12.0. The van der Waals surface area contributed by atoms with Crippen LogP contribution < -0.4 is 4.74 Å². The summed E-state index contributed by atoms with van der Waals surface area (Å²) in [5, 5.41) is 0. The lowest BCUT2D eigenvalue weighted by Crippen LogP contribution is -2.23. The van der Waals surface area contributed by atoms with E-state index in [0.29, 0.717) is 17.7 Å². The smallest absolute Gasteiger partial charge is 0.201 e. The third-order valence-electron chi connectivity index (χ3n) is 10.1. The van der Waals surface area contributed by atoms with Gasteiger partial charge in [0.05, 0.1) is 6.61 Å². The number of hydrogen-bond acceptors (Lipinski definition) is 1. The van der Waals surface area contributed by atoms with E-state index >= 15 is 4.39 Å². The van der Waals surface area contributed by atoms with Crippen molar-refractivity contribution in [3.05, 3.63) is 95.8 Å². The molecule has 0 amide bonds. The van der Waals surface area contributed by atoms with Crippen LogP contribution in [0.4, 0.5) is 13.2 Å². The molecule has 240 valence electrons. The van der Waals surface area contributed by atoms with Crippen LogP contribution in [0.3, 0.4) is 0 Å². The summed E-state index contributed by atoms with van der Waals surface area (Å²) in [5.74, 6) is 0.284. The van der Waals surface area contributed by atoms with Crippen LogP contribution in [0.15, 0.2) is 72.8 Å². The molecule has 5 rings (SSSR count). The Morgan fingerprint density at radius 1 is 0.756 bits per heavy atom. The number of hydrogen-bond donors (Lipinski definition) is 0. The van der Waals surface area contributed by atoms with Crippen molar-refractivity contribution in [2.75, 3.05) is 6.61 Å². The molecule has 1 fully saturated rings. The normalized spacial score (nSPS) is 20.4. The highest BCUT2D eigenvalue weighted by Crippen LogP contribution is 2.43. The van der Waals surface area contributed by atoms with Crippen molar-refractivity contribution < 1.29 is 17.9 Å². The molecule has 4 heteroatoms. The number of unbranched alkanes of at least 4 members (excludes halogenated alkanes) is 3. The topological polar surface area (TPSA) is 9.23 Å². The summed E-state index contributed by atoms with van der Waals surface area (Å²) >= 11 is 0. The molecular weight excluding hydrogens is 565 g/mol. The number of ether oxygens (including phenoxy) is 1. The molecule has 1 unspecified atom stereocenters. The summed E-state index contributed by atoms with van der Waals surface area (Å²) in [6, 6.07) is 15.7. The maximum atomic E-state index is 15.4. The van der Waals surface area contributed by atoms with E-state index < -0.39 is 11.6 Å². The fourth-order valence-electron chi connectivity index (χ4n) is 7.35. The molecule has 1 atom stereocenters. The zero-order chi connectivity index (χ0) is 31.6. The Hall–Kier alpha value is -3.27. The van der Waals surface area contributed by atoms with Gasteiger partial charge in [0, 0.05) is 11.1 Å². The molecule has 3 aromatic carbocycles. The summed E-state index contributed by atoms with van der Waals surface area (Å²) in [7, 11) is 0. The predicted molar refractivity (Wildman–Crippen MR) is 182 cm³/mol. The van der Waals surface area contributed by atoms with Crippen LogP contribution in [0.1, 0.15) is 103 Å². The Bertz CT molecular complexity index is 1450. The average Bonchev–Trinajstić information content (AvgIpc) is 3.07. The van der Waals surface area contributed by atoms with Crippen molar-refractivity contribution >= 4 is 5.57 Å². The zero-order valence-electron chi connectivity index (χ0n) is 27.1. The molecule has 0 N–H and O–H groups in total. The van der Waals surface area contributed by atoms with Gasteiger partial charge in [-0.2, -0.15) is 4.39 Å². The molecule has 0 bridgehead atoms. The fraction of sp³-hybridized carbons (Fsp3) is 0.463. The predicted octanol–water partition coefficient (Wildman–Crippen LogP) is 12.7. The van der Waals surface area contributed by atoms with Crippen LogP contribution in [0.25, 0.3) is 27.8 Å². The van der Waals surface area contributed by atoms with Gasteiger partial charge in [0.1, 0.15) is 5.82 Å². The molecule has 3 aromatic rings. The molecule has 0 saturated heterocycles. The first-order valence-electron chi connectivity index (χ1n) is 17.3. The largest absolute Gasteiger partial charge is 0.490 e. The first kappa shape index (κ1) is 33.1.